The molecule has 0 aliphatic heterocycles. The van der Waals surface area contributed by atoms with Crippen molar-refractivity contribution >= 4 is 27.5 Å². The number of carbonyl (C=O) groups is 2. The molecule has 0 spiro atoms. The molecule has 0 saturated carbocycles. The Morgan fingerprint density at radius 3 is 2.12 bits per heavy atom. The highest BCUT2D eigenvalue weighted by molar-refractivity contribution is 7.89. The van der Waals surface area contributed by atoms with E-state index in [4.69, 9.17) is 5.14 Å². The predicted molar refractivity (Wildman–Crippen MR) is 89.6 cm³/mol. The van der Waals surface area contributed by atoms with E-state index in [9.17, 15) is 18.0 Å². The molecule has 0 heterocycles. The van der Waals surface area contributed by atoms with Crippen LogP contribution >= 0.6 is 0 Å². The SMILES string of the molecule is NS(=O)(=O)c1ccc(NC(=O)C(=O)NCCc2ccccc2)cc1. The van der Waals surface area contributed by atoms with Gasteiger partial charge in [0.05, 0.1) is 4.90 Å². The number of hydrogen-bond acceptors (Lipinski definition) is 4. The summed E-state index contributed by atoms with van der Waals surface area (Å²) in [5.41, 5.74) is 1.35. The highest BCUT2D eigenvalue weighted by atomic mass is 32.2. The van der Waals surface area contributed by atoms with E-state index in [1.54, 1.807) is 0 Å². The summed E-state index contributed by atoms with van der Waals surface area (Å²) in [5.74, 6) is -1.59. The smallest absolute Gasteiger partial charge is 0.313 e. The van der Waals surface area contributed by atoms with Crippen LogP contribution < -0.4 is 15.8 Å². The van der Waals surface area contributed by atoms with E-state index in [0.29, 0.717) is 18.7 Å². The number of primary sulfonamides is 1. The van der Waals surface area contributed by atoms with Gasteiger partial charge in [0.15, 0.2) is 0 Å². The third-order valence-corrected chi connectivity index (χ3v) is 4.12. The first-order valence-corrected chi connectivity index (χ1v) is 8.67. The predicted octanol–water partition coefficient (Wildman–Crippen LogP) is 0.631. The van der Waals surface area contributed by atoms with Gasteiger partial charge in [0.2, 0.25) is 10.0 Å². The summed E-state index contributed by atoms with van der Waals surface area (Å²) in [5, 5.41) is 9.88. The summed E-state index contributed by atoms with van der Waals surface area (Å²) < 4.78 is 22.3. The van der Waals surface area contributed by atoms with Crippen molar-refractivity contribution in [3.63, 3.8) is 0 Å². The Hall–Kier alpha value is -2.71. The zero-order chi connectivity index (χ0) is 17.6. The van der Waals surface area contributed by atoms with Gasteiger partial charge in [-0.15, -0.1) is 0 Å². The Labute approximate surface area is 139 Å². The summed E-state index contributed by atoms with van der Waals surface area (Å²) in [7, 11) is -3.79. The molecule has 7 nitrogen and oxygen atoms in total. The van der Waals surface area contributed by atoms with Crippen molar-refractivity contribution in [3.05, 3.63) is 60.2 Å². The van der Waals surface area contributed by atoms with E-state index in [1.165, 1.54) is 24.3 Å². The Morgan fingerprint density at radius 1 is 0.917 bits per heavy atom. The standard InChI is InChI=1S/C16H17N3O4S/c17-24(22,23)14-8-6-13(7-9-14)19-16(21)15(20)18-11-10-12-4-2-1-3-5-12/h1-9H,10-11H2,(H,18,20)(H,19,21)(H2,17,22,23). The molecule has 126 valence electrons. The first kappa shape index (κ1) is 17.6. The maximum Gasteiger partial charge on any atom is 0.313 e. The van der Waals surface area contributed by atoms with Crippen LogP contribution in [0.2, 0.25) is 0 Å². The van der Waals surface area contributed by atoms with E-state index < -0.39 is 21.8 Å². The van der Waals surface area contributed by atoms with Crippen molar-refractivity contribution in [1.29, 1.82) is 0 Å². The topological polar surface area (TPSA) is 118 Å². The lowest BCUT2D eigenvalue weighted by molar-refractivity contribution is -0.136. The second kappa shape index (κ2) is 7.71. The lowest BCUT2D eigenvalue weighted by atomic mass is 10.1. The van der Waals surface area contributed by atoms with Crippen molar-refractivity contribution in [2.24, 2.45) is 5.14 Å². The van der Waals surface area contributed by atoms with Crippen molar-refractivity contribution in [2.75, 3.05) is 11.9 Å². The van der Waals surface area contributed by atoms with Crippen molar-refractivity contribution < 1.29 is 18.0 Å². The average molecular weight is 347 g/mol. The Balaban J connectivity index is 1.84. The summed E-state index contributed by atoms with van der Waals surface area (Å²) in [6.45, 7) is 0.334. The van der Waals surface area contributed by atoms with Crippen LogP contribution in [-0.2, 0) is 26.0 Å². The number of nitrogens with two attached hydrogens (primary N) is 1. The lowest BCUT2D eigenvalue weighted by Gasteiger charge is -2.07. The third kappa shape index (κ3) is 5.18. The average Bonchev–Trinajstić information content (AvgIpc) is 2.55. The van der Waals surface area contributed by atoms with Gasteiger partial charge >= 0.3 is 11.8 Å². The summed E-state index contributed by atoms with van der Waals surface area (Å²) >= 11 is 0. The number of rotatable bonds is 5. The van der Waals surface area contributed by atoms with Gasteiger partial charge in [0.1, 0.15) is 0 Å². The number of nitrogens with one attached hydrogen (secondary N) is 2. The first-order valence-electron chi connectivity index (χ1n) is 7.12. The highest BCUT2D eigenvalue weighted by Crippen LogP contribution is 2.12. The molecular weight excluding hydrogens is 330 g/mol. The molecule has 2 rings (SSSR count). The van der Waals surface area contributed by atoms with Gasteiger partial charge < -0.3 is 10.6 Å². The summed E-state index contributed by atoms with van der Waals surface area (Å²) in [6.07, 6.45) is 0.614. The molecule has 8 heteroatoms. The van der Waals surface area contributed by atoms with Crippen molar-refractivity contribution in [1.82, 2.24) is 5.32 Å². The van der Waals surface area contributed by atoms with Crippen LogP contribution in [-0.4, -0.2) is 26.8 Å². The van der Waals surface area contributed by atoms with E-state index in [2.05, 4.69) is 10.6 Å². The molecule has 0 unspecified atom stereocenters. The third-order valence-electron chi connectivity index (χ3n) is 3.19. The number of benzene rings is 2. The van der Waals surface area contributed by atoms with Crippen molar-refractivity contribution in [2.45, 2.75) is 11.3 Å². The van der Waals surface area contributed by atoms with Crippen LogP contribution in [0.5, 0.6) is 0 Å². The zero-order valence-electron chi connectivity index (χ0n) is 12.7. The largest absolute Gasteiger partial charge is 0.347 e. The summed E-state index contributed by atoms with van der Waals surface area (Å²) in [4.78, 5) is 23.4. The first-order chi connectivity index (χ1) is 11.4. The van der Waals surface area contributed by atoms with Crippen molar-refractivity contribution in [3.8, 4) is 0 Å². The fourth-order valence-corrected chi connectivity index (χ4v) is 2.48. The molecule has 0 bridgehead atoms. The van der Waals surface area contributed by atoms with Crippen LogP contribution in [0.4, 0.5) is 5.69 Å². The molecule has 2 aromatic rings. The zero-order valence-corrected chi connectivity index (χ0v) is 13.5. The molecule has 24 heavy (non-hydrogen) atoms. The van der Waals surface area contributed by atoms with E-state index >= 15 is 0 Å². The molecule has 0 fully saturated rings. The Kier molecular flexibility index (Phi) is 5.67. The lowest BCUT2D eigenvalue weighted by Crippen LogP contribution is -2.36. The minimum atomic E-state index is -3.79. The number of anilines is 1. The number of amides is 2. The maximum absolute atomic E-state index is 11.8. The van der Waals surface area contributed by atoms with Gasteiger partial charge in [0, 0.05) is 12.2 Å². The van der Waals surface area contributed by atoms with Crippen LogP contribution in [0, 0.1) is 0 Å². The van der Waals surface area contributed by atoms with Gasteiger partial charge in [0.25, 0.3) is 0 Å². The maximum atomic E-state index is 11.8. The molecule has 0 saturated heterocycles. The van der Waals surface area contributed by atoms with Crippen LogP contribution in [0.15, 0.2) is 59.5 Å². The summed E-state index contributed by atoms with van der Waals surface area (Å²) in [6, 6.07) is 14.8. The molecule has 0 aromatic heterocycles. The molecule has 0 atom stereocenters. The van der Waals surface area contributed by atoms with Gasteiger partial charge in [-0.05, 0) is 36.2 Å². The van der Waals surface area contributed by atoms with E-state index in [-0.39, 0.29) is 4.90 Å². The van der Waals surface area contributed by atoms with E-state index in [1.807, 2.05) is 30.3 Å². The van der Waals surface area contributed by atoms with Gasteiger partial charge in [-0.25, -0.2) is 13.6 Å². The normalized spacial score (nSPS) is 10.9. The monoisotopic (exact) mass is 347 g/mol. The molecule has 2 amide bonds. The van der Waals surface area contributed by atoms with E-state index in [0.717, 1.165) is 5.56 Å². The second-order valence-corrected chi connectivity index (χ2v) is 6.58. The van der Waals surface area contributed by atoms with Crippen LogP contribution in [0.1, 0.15) is 5.56 Å². The Bertz CT molecular complexity index is 818. The Morgan fingerprint density at radius 2 is 1.54 bits per heavy atom. The highest BCUT2D eigenvalue weighted by Gasteiger charge is 2.14. The minimum Gasteiger partial charge on any atom is -0.347 e. The van der Waals surface area contributed by atoms with Gasteiger partial charge in [-0.3, -0.25) is 9.59 Å². The molecule has 0 radical (unpaired) electrons. The number of carbonyl (C=O) groups excluding carboxylic acids is 2. The van der Waals surface area contributed by atoms with Crippen LogP contribution in [0.3, 0.4) is 0 Å². The quantitative estimate of drug-likeness (QED) is 0.687. The number of sulfonamides is 1. The molecule has 0 aliphatic carbocycles. The fourth-order valence-electron chi connectivity index (χ4n) is 1.96. The molecular formula is C16H17N3O4S. The number of hydrogen-bond donors (Lipinski definition) is 3. The molecule has 2 aromatic carbocycles. The van der Waals surface area contributed by atoms with Crippen LogP contribution in [0.25, 0.3) is 0 Å². The minimum absolute atomic E-state index is 0.0761. The second-order valence-electron chi connectivity index (χ2n) is 5.02. The van der Waals surface area contributed by atoms with Gasteiger partial charge in [-0.1, -0.05) is 30.3 Å². The van der Waals surface area contributed by atoms with Gasteiger partial charge in [-0.2, -0.15) is 0 Å². The molecule has 0 aliphatic rings. The molecule has 4 N–H and O–H groups in total. The fraction of sp³-hybridized carbons (Fsp3) is 0.125.